The molecular weight excluding hydrogens is 572 g/mol. The van der Waals surface area contributed by atoms with E-state index >= 15 is 0 Å². The van der Waals surface area contributed by atoms with Gasteiger partial charge in [-0.15, -0.1) is 11.3 Å². The van der Waals surface area contributed by atoms with E-state index in [1.165, 1.54) is 18.4 Å². The number of aliphatic hydroxyl groups is 1. The molecule has 2 heterocycles. The SMILES string of the molecule is CCNC(=O)c1sc2c(c1C)c(=O)n(C(C)(C)C(N)=O)c(=O)n2C[C@H](OC1CCC(O)CC1)c1ccccc1OC(C)C. The summed E-state index contributed by atoms with van der Waals surface area (Å²) in [7, 11) is 0. The molecule has 234 valence electrons. The molecule has 2 amide bonds. The number of hydrogen-bond acceptors (Lipinski definition) is 8. The van der Waals surface area contributed by atoms with Gasteiger partial charge < -0.3 is 25.6 Å². The predicted octanol–water partition coefficient (Wildman–Crippen LogP) is 3.35. The standard InChI is InChI=1S/C31H42N4O7S/c1-7-33-26(37)25-18(4)24-27(38)35(31(5,6)29(32)39)30(40)34(28(24)43-25)16-23(42-20-14-12-19(36)13-15-20)21-10-8-9-11-22(21)41-17(2)3/h8-11,17,19-20,23,36H,7,12-16H2,1-6H3,(H2,32,39)(H,33,37)/t19?,20?,23-/m0/s1. The Hall–Kier alpha value is -3.48. The lowest BCUT2D eigenvalue weighted by Crippen LogP contribution is -2.54. The highest BCUT2D eigenvalue weighted by atomic mass is 32.1. The first-order chi connectivity index (χ1) is 20.3. The molecule has 4 rings (SSSR count). The quantitative estimate of drug-likeness (QED) is 0.299. The normalized spacial score (nSPS) is 18.1. The zero-order valence-corrected chi connectivity index (χ0v) is 26.5. The molecule has 1 atom stereocenters. The van der Waals surface area contributed by atoms with Gasteiger partial charge in [-0.1, -0.05) is 18.2 Å². The summed E-state index contributed by atoms with van der Waals surface area (Å²) >= 11 is 1.05. The van der Waals surface area contributed by atoms with Gasteiger partial charge in [0, 0.05) is 12.1 Å². The molecule has 0 bridgehead atoms. The van der Waals surface area contributed by atoms with Gasteiger partial charge in [0.25, 0.3) is 11.5 Å². The number of carbonyl (C=O) groups is 2. The second kappa shape index (κ2) is 13.0. The van der Waals surface area contributed by atoms with Crippen molar-refractivity contribution >= 4 is 33.4 Å². The largest absolute Gasteiger partial charge is 0.491 e. The first kappa shape index (κ1) is 32.4. The number of carbonyl (C=O) groups excluding carboxylic acids is 2. The molecule has 1 fully saturated rings. The van der Waals surface area contributed by atoms with Crippen molar-refractivity contribution in [1.29, 1.82) is 0 Å². The van der Waals surface area contributed by atoms with Crippen molar-refractivity contribution in [1.82, 2.24) is 14.5 Å². The van der Waals surface area contributed by atoms with Gasteiger partial charge in [-0.2, -0.15) is 0 Å². The highest BCUT2D eigenvalue weighted by molar-refractivity contribution is 7.20. The zero-order valence-electron chi connectivity index (χ0n) is 25.6. The van der Waals surface area contributed by atoms with Gasteiger partial charge in [0.1, 0.15) is 22.2 Å². The van der Waals surface area contributed by atoms with Gasteiger partial charge >= 0.3 is 5.69 Å². The van der Waals surface area contributed by atoms with Crippen LogP contribution in [0.2, 0.25) is 0 Å². The van der Waals surface area contributed by atoms with Crippen LogP contribution in [0.15, 0.2) is 33.9 Å². The number of hydrogen-bond donors (Lipinski definition) is 3. The van der Waals surface area contributed by atoms with E-state index in [9.17, 15) is 24.3 Å². The molecule has 11 nitrogen and oxygen atoms in total. The monoisotopic (exact) mass is 614 g/mol. The molecule has 1 aliphatic carbocycles. The number of benzene rings is 1. The van der Waals surface area contributed by atoms with Crippen LogP contribution in [0.3, 0.4) is 0 Å². The summed E-state index contributed by atoms with van der Waals surface area (Å²) in [6.07, 6.45) is 1.10. The molecule has 3 aromatic rings. The summed E-state index contributed by atoms with van der Waals surface area (Å²) in [6, 6.07) is 7.44. The Morgan fingerprint density at radius 1 is 1.16 bits per heavy atom. The number of aromatic nitrogens is 2. The fraction of sp³-hybridized carbons (Fsp3) is 0.548. The molecule has 43 heavy (non-hydrogen) atoms. The van der Waals surface area contributed by atoms with Crippen LogP contribution >= 0.6 is 11.3 Å². The molecule has 0 aliphatic heterocycles. The summed E-state index contributed by atoms with van der Waals surface area (Å²) < 4.78 is 15.1. The third-order valence-corrected chi connectivity index (χ3v) is 9.21. The predicted molar refractivity (Wildman–Crippen MR) is 166 cm³/mol. The first-order valence-corrected chi connectivity index (χ1v) is 15.6. The smallest absolute Gasteiger partial charge is 0.333 e. The summed E-state index contributed by atoms with van der Waals surface area (Å²) in [5.74, 6) is -0.609. The molecule has 2 aromatic heterocycles. The number of para-hydroxylation sites is 1. The number of primary amides is 1. The van der Waals surface area contributed by atoms with Crippen LogP contribution in [-0.2, 0) is 21.6 Å². The van der Waals surface area contributed by atoms with E-state index < -0.39 is 28.8 Å². The van der Waals surface area contributed by atoms with E-state index in [4.69, 9.17) is 15.2 Å². The zero-order chi connectivity index (χ0) is 31.6. The second-order valence-electron chi connectivity index (χ2n) is 11.8. The van der Waals surface area contributed by atoms with Gasteiger partial charge in [0.05, 0.1) is 35.1 Å². The number of thiophene rings is 1. The Morgan fingerprint density at radius 3 is 2.42 bits per heavy atom. The fourth-order valence-electron chi connectivity index (χ4n) is 5.47. The van der Waals surface area contributed by atoms with Crippen LogP contribution in [0.25, 0.3) is 10.2 Å². The Labute approximate surface area is 254 Å². The average Bonchev–Trinajstić information content (AvgIpc) is 3.29. The van der Waals surface area contributed by atoms with E-state index in [1.807, 2.05) is 38.1 Å². The summed E-state index contributed by atoms with van der Waals surface area (Å²) in [6.45, 7) is 10.5. The topological polar surface area (TPSA) is 155 Å². The average molecular weight is 615 g/mol. The van der Waals surface area contributed by atoms with Crippen molar-refractivity contribution < 1.29 is 24.2 Å². The van der Waals surface area contributed by atoms with Crippen LogP contribution in [0.1, 0.15) is 87.2 Å². The summed E-state index contributed by atoms with van der Waals surface area (Å²) in [5.41, 5.74) is 3.74. The minimum atomic E-state index is -1.65. The number of rotatable bonds is 11. The fourth-order valence-corrected chi connectivity index (χ4v) is 6.69. The molecule has 0 spiro atoms. The van der Waals surface area contributed by atoms with Crippen molar-refractivity contribution in [3.05, 3.63) is 61.1 Å². The molecule has 1 aliphatic rings. The molecule has 0 unspecified atom stereocenters. The van der Waals surface area contributed by atoms with Crippen LogP contribution in [0.4, 0.5) is 0 Å². The van der Waals surface area contributed by atoms with Crippen molar-refractivity contribution in [2.75, 3.05) is 6.54 Å². The van der Waals surface area contributed by atoms with Gasteiger partial charge in [0.2, 0.25) is 5.91 Å². The number of aliphatic hydroxyl groups excluding tert-OH is 1. The third kappa shape index (κ3) is 6.56. The first-order valence-electron chi connectivity index (χ1n) is 14.7. The van der Waals surface area contributed by atoms with Crippen molar-refractivity contribution in [3.8, 4) is 5.75 Å². The highest BCUT2D eigenvalue weighted by Crippen LogP contribution is 2.35. The number of fused-ring (bicyclic) bond motifs is 1. The van der Waals surface area contributed by atoms with E-state index in [0.717, 1.165) is 15.9 Å². The molecule has 0 radical (unpaired) electrons. The molecular formula is C31H42N4O7S. The van der Waals surface area contributed by atoms with Crippen molar-refractivity contribution in [2.45, 2.75) is 104 Å². The van der Waals surface area contributed by atoms with Gasteiger partial charge in [-0.05, 0) is 78.9 Å². The Morgan fingerprint density at radius 2 is 1.81 bits per heavy atom. The number of amides is 2. The van der Waals surface area contributed by atoms with E-state index in [0.29, 0.717) is 58.8 Å². The van der Waals surface area contributed by atoms with Gasteiger partial charge in [0.15, 0.2) is 0 Å². The minimum Gasteiger partial charge on any atom is -0.491 e. The number of nitrogens with two attached hydrogens (primary N) is 1. The lowest BCUT2D eigenvalue weighted by atomic mass is 9.94. The second-order valence-corrected chi connectivity index (χ2v) is 12.8. The van der Waals surface area contributed by atoms with Crippen molar-refractivity contribution in [3.63, 3.8) is 0 Å². The maximum absolute atomic E-state index is 14.2. The molecule has 1 saturated carbocycles. The number of nitrogens with zero attached hydrogens (tertiary/aromatic N) is 2. The van der Waals surface area contributed by atoms with E-state index in [2.05, 4.69) is 5.32 Å². The lowest BCUT2D eigenvalue weighted by molar-refractivity contribution is -0.125. The number of aryl methyl sites for hydroxylation is 1. The summed E-state index contributed by atoms with van der Waals surface area (Å²) in [4.78, 5) is 54.2. The van der Waals surface area contributed by atoms with Crippen LogP contribution in [-0.4, -0.2) is 50.9 Å². The minimum absolute atomic E-state index is 0.0310. The van der Waals surface area contributed by atoms with Crippen molar-refractivity contribution in [2.24, 2.45) is 5.73 Å². The maximum atomic E-state index is 14.2. The van der Waals surface area contributed by atoms with E-state index in [-0.39, 0.29) is 36.2 Å². The molecule has 0 saturated heterocycles. The Bertz CT molecular complexity index is 1610. The lowest BCUT2D eigenvalue weighted by Gasteiger charge is -2.31. The number of nitrogens with one attached hydrogen (secondary N) is 1. The van der Waals surface area contributed by atoms with E-state index in [1.54, 1.807) is 13.8 Å². The van der Waals surface area contributed by atoms with Crippen LogP contribution < -0.4 is 27.0 Å². The summed E-state index contributed by atoms with van der Waals surface area (Å²) in [5, 5.41) is 13.0. The Balaban J connectivity index is 1.98. The Kier molecular flexibility index (Phi) is 9.83. The van der Waals surface area contributed by atoms with Crippen LogP contribution in [0.5, 0.6) is 5.75 Å². The van der Waals surface area contributed by atoms with Crippen LogP contribution in [0, 0.1) is 6.92 Å². The molecule has 1 aromatic carbocycles. The maximum Gasteiger partial charge on any atom is 0.333 e. The van der Waals surface area contributed by atoms with Gasteiger partial charge in [-0.3, -0.25) is 19.0 Å². The highest BCUT2D eigenvalue weighted by Gasteiger charge is 2.35. The number of ether oxygens (including phenoxy) is 2. The molecule has 12 heteroatoms. The van der Waals surface area contributed by atoms with Gasteiger partial charge in [-0.25, -0.2) is 9.36 Å². The third-order valence-electron chi connectivity index (χ3n) is 7.90. The molecule has 4 N–H and O–H groups in total.